The number of rotatable bonds is 6. The van der Waals surface area contributed by atoms with Crippen molar-refractivity contribution in [1.29, 1.82) is 0 Å². The van der Waals surface area contributed by atoms with Crippen molar-refractivity contribution in [1.82, 2.24) is 9.21 Å². The van der Waals surface area contributed by atoms with Crippen molar-refractivity contribution in [3.63, 3.8) is 0 Å². The van der Waals surface area contributed by atoms with Gasteiger partial charge in [-0.15, -0.1) is 0 Å². The molecule has 0 bridgehead atoms. The van der Waals surface area contributed by atoms with Crippen LogP contribution in [-0.4, -0.2) is 76.4 Å². The molecule has 0 radical (unpaired) electrons. The Morgan fingerprint density at radius 1 is 1.29 bits per heavy atom. The first-order chi connectivity index (χ1) is 7.97. The summed E-state index contributed by atoms with van der Waals surface area (Å²) in [6.45, 7) is 4.17. The summed E-state index contributed by atoms with van der Waals surface area (Å²) in [5.74, 6) is 0. The molecular formula is C10H23N3O3S. The molecule has 1 rings (SSSR count). The third-order valence-electron chi connectivity index (χ3n) is 3.16. The van der Waals surface area contributed by atoms with E-state index < -0.39 is 10.0 Å². The average Bonchev–Trinajstić information content (AvgIpc) is 2.30. The number of nitrogens with zero attached hydrogens (tertiary/aromatic N) is 2. The molecule has 2 N–H and O–H groups in total. The highest BCUT2D eigenvalue weighted by atomic mass is 32.2. The second-order valence-electron chi connectivity index (χ2n) is 4.39. The highest BCUT2D eigenvalue weighted by Crippen LogP contribution is 2.07. The molecular weight excluding hydrogens is 242 g/mol. The highest BCUT2D eigenvalue weighted by molar-refractivity contribution is 7.88. The molecule has 6 nitrogen and oxygen atoms in total. The molecule has 102 valence electrons. The number of hydrogen-bond donors (Lipinski definition) is 1. The fraction of sp³-hybridized carbons (Fsp3) is 1.00. The number of piperazine rings is 1. The molecule has 1 saturated heterocycles. The maximum absolute atomic E-state index is 11.3. The van der Waals surface area contributed by atoms with E-state index in [1.54, 1.807) is 7.11 Å². The largest absolute Gasteiger partial charge is 0.380 e. The van der Waals surface area contributed by atoms with Gasteiger partial charge in [0.2, 0.25) is 10.0 Å². The minimum Gasteiger partial charge on any atom is -0.380 e. The molecule has 0 aliphatic carbocycles. The van der Waals surface area contributed by atoms with Gasteiger partial charge in [0, 0.05) is 46.4 Å². The Balaban J connectivity index is 2.28. The summed E-state index contributed by atoms with van der Waals surface area (Å²) in [5, 5.41) is 0. The smallest absolute Gasteiger partial charge is 0.211 e. The zero-order valence-electron chi connectivity index (χ0n) is 10.6. The number of nitrogens with two attached hydrogens (primary N) is 1. The third kappa shape index (κ3) is 4.89. The van der Waals surface area contributed by atoms with Crippen molar-refractivity contribution in [2.45, 2.75) is 12.5 Å². The van der Waals surface area contributed by atoms with Crippen LogP contribution in [0.15, 0.2) is 0 Å². The van der Waals surface area contributed by atoms with Crippen LogP contribution in [0.2, 0.25) is 0 Å². The van der Waals surface area contributed by atoms with E-state index in [0.29, 0.717) is 19.6 Å². The van der Waals surface area contributed by atoms with Crippen molar-refractivity contribution < 1.29 is 13.2 Å². The van der Waals surface area contributed by atoms with Crippen molar-refractivity contribution in [3.8, 4) is 0 Å². The summed E-state index contributed by atoms with van der Waals surface area (Å²) in [4.78, 5) is 2.25. The Morgan fingerprint density at radius 3 is 2.29 bits per heavy atom. The normalized spacial score (nSPS) is 21.6. The Bertz CT molecular complexity index is 309. The summed E-state index contributed by atoms with van der Waals surface area (Å²) in [6, 6.07) is 0. The van der Waals surface area contributed by atoms with Crippen LogP contribution in [0.5, 0.6) is 0 Å². The highest BCUT2D eigenvalue weighted by Gasteiger charge is 2.23. The fourth-order valence-electron chi connectivity index (χ4n) is 1.94. The number of methoxy groups -OCH3 is 1. The zero-order valence-corrected chi connectivity index (χ0v) is 11.4. The van der Waals surface area contributed by atoms with Gasteiger partial charge in [0.25, 0.3) is 0 Å². The molecule has 0 spiro atoms. The Morgan fingerprint density at radius 2 is 1.88 bits per heavy atom. The monoisotopic (exact) mass is 265 g/mol. The minimum absolute atomic E-state index is 0.0999. The summed E-state index contributed by atoms with van der Waals surface area (Å²) >= 11 is 0. The average molecular weight is 265 g/mol. The van der Waals surface area contributed by atoms with Crippen molar-refractivity contribution in [2.75, 3.05) is 52.6 Å². The van der Waals surface area contributed by atoms with Crippen LogP contribution in [0.4, 0.5) is 0 Å². The van der Waals surface area contributed by atoms with Gasteiger partial charge in [0.05, 0.1) is 12.4 Å². The van der Waals surface area contributed by atoms with E-state index in [4.69, 9.17) is 10.5 Å². The van der Waals surface area contributed by atoms with Crippen LogP contribution >= 0.6 is 0 Å². The first kappa shape index (κ1) is 14.8. The molecule has 1 unspecified atom stereocenters. The third-order valence-corrected chi connectivity index (χ3v) is 4.47. The van der Waals surface area contributed by atoms with Crippen LogP contribution in [0.25, 0.3) is 0 Å². The van der Waals surface area contributed by atoms with E-state index in [1.807, 2.05) is 0 Å². The molecule has 1 aliphatic heterocycles. The summed E-state index contributed by atoms with van der Waals surface area (Å²) in [5.41, 5.74) is 5.55. The van der Waals surface area contributed by atoms with Crippen molar-refractivity contribution in [3.05, 3.63) is 0 Å². The maximum atomic E-state index is 11.3. The van der Waals surface area contributed by atoms with Gasteiger partial charge in [-0.2, -0.15) is 4.31 Å². The van der Waals surface area contributed by atoms with E-state index in [2.05, 4.69) is 4.90 Å². The molecule has 1 aliphatic rings. The topological polar surface area (TPSA) is 75.9 Å². The molecule has 0 aromatic rings. The van der Waals surface area contributed by atoms with Gasteiger partial charge in [-0.25, -0.2) is 8.42 Å². The second-order valence-corrected chi connectivity index (χ2v) is 6.37. The molecule has 0 aromatic carbocycles. The lowest BCUT2D eigenvalue weighted by Gasteiger charge is -2.33. The van der Waals surface area contributed by atoms with Crippen LogP contribution in [-0.2, 0) is 14.8 Å². The predicted octanol–water partition coefficient (Wildman–Crippen LogP) is -1.07. The standard InChI is InChI=1S/C10H23N3O3S/c1-16-10(9-11)3-4-12-5-7-13(8-6-12)17(2,14)15/h10H,3-9,11H2,1-2H3. The Hall–Kier alpha value is -0.210. The van der Waals surface area contributed by atoms with Gasteiger partial charge in [0.1, 0.15) is 0 Å². The molecule has 1 fully saturated rings. The lowest BCUT2D eigenvalue weighted by molar-refractivity contribution is 0.0834. The van der Waals surface area contributed by atoms with Gasteiger partial charge in [-0.3, -0.25) is 0 Å². The lowest BCUT2D eigenvalue weighted by atomic mass is 10.2. The zero-order chi connectivity index (χ0) is 12.9. The van der Waals surface area contributed by atoms with Crippen molar-refractivity contribution in [2.24, 2.45) is 5.73 Å². The van der Waals surface area contributed by atoms with Crippen LogP contribution in [0.1, 0.15) is 6.42 Å². The van der Waals surface area contributed by atoms with Crippen LogP contribution < -0.4 is 5.73 Å². The first-order valence-electron chi connectivity index (χ1n) is 5.87. The summed E-state index contributed by atoms with van der Waals surface area (Å²) in [7, 11) is -1.36. The van der Waals surface area contributed by atoms with Gasteiger partial charge in [0.15, 0.2) is 0 Å². The molecule has 0 saturated carbocycles. The summed E-state index contributed by atoms with van der Waals surface area (Å²) < 4.78 is 29.4. The van der Waals surface area contributed by atoms with Gasteiger partial charge in [-0.05, 0) is 6.42 Å². The molecule has 7 heteroatoms. The van der Waals surface area contributed by atoms with E-state index in [9.17, 15) is 8.42 Å². The number of sulfonamides is 1. The minimum atomic E-state index is -3.03. The van der Waals surface area contributed by atoms with Gasteiger partial charge in [-0.1, -0.05) is 0 Å². The Kier molecular flexibility index (Phi) is 5.81. The van der Waals surface area contributed by atoms with E-state index in [1.165, 1.54) is 10.6 Å². The molecule has 1 heterocycles. The number of hydrogen-bond acceptors (Lipinski definition) is 5. The number of ether oxygens (including phenoxy) is 1. The lowest BCUT2D eigenvalue weighted by Crippen LogP contribution is -2.48. The molecule has 0 amide bonds. The molecule has 17 heavy (non-hydrogen) atoms. The second kappa shape index (κ2) is 6.65. The van der Waals surface area contributed by atoms with Gasteiger partial charge >= 0.3 is 0 Å². The van der Waals surface area contributed by atoms with E-state index in [-0.39, 0.29) is 6.10 Å². The molecule has 0 aromatic heterocycles. The summed E-state index contributed by atoms with van der Waals surface area (Å²) in [6.07, 6.45) is 2.26. The van der Waals surface area contributed by atoms with E-state index in [0.717, 1.165) is 26.1 Å². The van der Waals surface area contributed by atoms with Crippen LogP contribution in [0, 0.1) is 0 Å². The maximum Gasteiger partial charge on any atom is 0.211 e. The van der Waals surface area contributed by atoms with E-state index >= 15 is 0 Å². The molecule has 1 atom stereocenters. The first-order valence-corrected chi connectivity index (χ1v) is 7.72. The van der Waals surface area contributed by atoms with Crippen LogP contribution in [0.3, 0.4) is 0 Å². The SMILES string of the molecule is COC(CN)CCN1CCN(S(C)(=O)=O)CC1. The Labute approximate surface area is 104 Å². The van der Waals surface area contributed by atoms with Crippen molar-refractivity contribution >= 4 is 10.0 Å². The fourth-order valence-corrected chi connectivity index (χ4v) is 2.77. The predicted molar refractivity (Wildman–Crippen MR) is 67.3 cm³/mol. The quantitative estimate of drug-likeness (QED) is 0.662. The van der Waals surface area contributed by atoms with Gasteiger partial charge < -0.3 is 15.4 Å².